The lowest BCUT2D eigenvalue weighted by Crippen LogP contribution is -2.16. The van der Waals surface area contributed by atoms with Crippen LogP contribution in [-0.4, -0.2) is 17.9 Å². The SMILES string of the molecule is C=C1C(=O)OC2/C=C(\C)CCC(=O)C(C)CC/C=C(\C)CCC12. The van der Waals surface area contributed by atoms with Crippen LogP contribution >= 0.6 is 0 Å². The summed E-state index contributed by atoms with van der Waals surface area (Å²) in [5.74, 6) is 0.218. The predicted molar refractivity (Wildman–Crippen MR) is 91.9 cm³/mol. The Morgan fingerprint density at radius 3 is 2.57 bits per heavy atom. The summed E-state index contributed by atoms with van der Waals surface area (Å²) in [6, 6.07) is 0. The molecular weight excluding hydrogens is 288 g/mol. The van der Waals surface area contributed by atoms with Crippen LogP contribution in [0.25, 0.3) is 0 Å². The van der Waals surface area contributed by atoms with Crippen molar-refractivity contribution < 1.29 is 14.3 Å². The zero-order chi connectivity index (χ0) is 17.0. The fourth-order valence-corrected chi connectivity index (χ4v) is 3.28. The first-order valence-corrected chi connectivity index (χ1v) is 8.64. The molecule has 1 aliphatic heterocycles. The molecule has 0 N–H and O–H groups in total. The van der Waals surface area contributed by atoms with Crippen molar-refractivity contribution in [2.75, 3.05) is 0 Å². The molecule has 3 heteroatoms. The van der Waals surface area contributed by atoms with Crippen molar-refractivity contribution in [2.45, 2.75) is 65.4 Å². The smallest absolute Gasteiger partial charge is 0.334 e. The minimum Gasteiger partial charge on any atom is -0.454 e. The topological polar surface area (TPSA) is 43.4 Å². The number of carbonyl (C=O) groups is 2. The van der Waals surface area contributed by atoms with E-state index >= 15 is 0 Å². The Morgan fingerprint density at radius 1 is 1.09 bits per heavy atom. The second kappa shape index (κ2) is 7.76. The number of ether oxygens (including phenoxy) is 1. The van der Waals surface area contributed by atoms with E-state index in [2.05, 4.69) is 19.6 Å². The summed E-state index contributed by atoms with van der Waals surface area (Å²) in [7, 11) is 0. The Bertz CT molecular complexity index is 553. The van der Waals surface area contributed by atoms with E-state index in [0.29, 0.717) is 17.8 Å². The van der Waals surface area contributed by atoms with Gasteiger partial charge < -0.3 is 4.74 Å². The fourth-order valence-electron chi connectivity index (χ4n) is 3.28. The summed E-state index contributed by atoms with van der Waals surface area (Å²) in [5.41, 5.74) is 3.02. The molecular formula is C20H28O3. The van der Waals surface area contributed by atoms with E-state index in [4.69, 9.17) is 4.74 Å². The van der Waals surface area contributed by atoms with Gasteiger partial charge in [0.15, 0.2) is 0 Å². The van der Waals surface area contributed by atoms with E-state index in [-0.39, 0.29) is 23.9 Å². The van der Waals surface area contributed by atoms with Crippen molar-refractivity contribution in [1.29, 1.82) is 0 Å². The third-order valence-corrected chi connectivity index (χ3v) is 5.06. The highest BCUT2D eigenvalue weighted by Crippen LogP contribution is 2.33. The van der Waals surface area contributed by atoms with Gasteiger partial charge in [0, 0.05) is 23.8 Å². The maximum Gasteiger partial charge on any atom is 0.334 e. The van der Waals surface area contributed by atoms with Gasteiger partial charge in [0.1, 0.15) is 11.9 Å². The number of fused-ring (bicyclic) bond motifs is 1. The average Bonchev–Trinajstić information content (AvgIpc) is 2.76. The molecule has 1 fully saturated rings. The van der Waals surface area contributed by atoms with Gasteiger partial charge in [-0.3, -0.25) is 4.79 Å². The molecule has 0 amide bonds. The third kappa shape index (κ3) is 4.66. The number of Topliss-reactive ketones (excluding diaryl/α,β-unsaturated/α-hetero) is 1. The van der Waals surface area contributed by atoms with E-state index in [0.717, 1.165) is 37.7 Å². The van der Waals surface area contributed by atoms with Gasteiger partial charge in [-0.1, -0.05) is 30.7 Å². The Morgan fingerprint density at radius 2 is 1.83 bits per heavy atom. The monoisotopic (exact) mass is 316 g/mol. The standard InChI is InChI=1S/C20H28O3/c1-13-6-5-7-15(3)18(21)11-9-14(2)12-19-17(10-8-13)16(4)20(22)23-19/h6,12,15,17,19H,4-5,7-11H2,1-3H3/b13-6+,14-12+. The van der Waals surface area contributed by atoms with Crippen LogP contribution in [0.2, 0.25) is 0 Å². The van der Waals surface area contributed by atoms with Crippen molar-refractivity contribution in [3.05, 3.63) is 35.5 Å². The lowest BCUT2D eigenvalue weighted by atomic mass is 9.88. The molecule has 1 aliphatic carbocycles. The second-order valence-electron chi connectivity index (χ2n) is 7.05. The summed E-state index contributed by atoms with van der Waals surface area (Å²) in [6.45, 7) is 10.1. The Hall–Kier alpha value is -1.64. The molecule has 3 atom stereocenters. The summed E-state index contributed by atoms with van der Waals surface area (Å²) in [6.07, 6.45) is 9.01. The predicted octanol–water partition coefficient (Wildman–Crippen LogP) is 4.54. The van der Waals surface area contributed by atoms with Crippen LogP contribution in [0.5, 0.6) is 0 Å². The molecule has 3 unspecified atom stereocenters. The molecule has 0 bridgehead atoms. The van der Waals surface area contributed by atoms with Gasteiger partial charge in [0.05, 0.1) is 0 Å². The van der Waals surface area contributed by atoms with Crippen LogP contribution in [0.3, 0.4) is 0 Å². The van der Waals surface area contributed by atoms with Crippen molar-refractivity contribution >= 4 is 11.8 Å². The third-order valence-electron chi connectivity index (χ3n) is 5.06. The molecule has 0 spiro atoms. The number of rotatable bonds is 0. The van der Waals surface area contributed by atoms with Crippen LogP contribution in [0.1, 0.15) is 59.3 Å². The summed E-state index contributed by atoms with van der Waals surface area (Å²) in [5, 5.41) is 0. The largest absolute Gasteiger partial charge is 0.454 e. The highest BCUT2D eigenvalue weighted by molar-refractivity contribution is 5.91. The van der Waals surface area contributed by atoms with Crippen molar-refractivity contribution in [2.24, 2.45) is 11.8 Å². The minimum atomic E-state index is -0.278. The molecule has 1 saturated heterocycles. The zero-order valence-corrected chi connectivity index (χ0v) is 14.6. The first kappa shape index (κ1) is 17.7. The van der Waals surface area contributed by atoms with Crippen molar-refractivity contribution in [3.63, 3.8) is 0 Å². The maximum absolute atomic E-state index is 12.2. The number of esters is 1. The van der Waals surface area contributed by atoms with Gasteiger partial charge in [-0.25, -0.2) is 4.79 Å². The van der Waals surface area contributed by atoms with Crippen LogP contribution in [0.4, 0.5) is 0 Å². The van der Waals surface area contributed by atoms with Crippen LogP contribution in [0, 0.1) is 11.8 Å². The van der Waals surface area contributed by atoms with Gasteiger partial charge in [0.25, 0.3) is 0 Å². The highest BCUT2D eigenvalue weighted by atomic mass is 16.5. The number of ketones is 1. The van der Waals surface area contributed by atoms with Gasteiger partial charge in [0.2, 0.25) is 0 Å². The average molecular weight is 316 g/mol. The summed E-state index contributed by atoms with van der Waals surface area (Å²) < 4.78 is 5.47. The normalized spacial score (nSPS) is 35.4. The molecule has 0 saturated carbocycles. The van der Waals surface area contributed by atoms with Gasteiger partial charge in [-0.2, -0.15) is 0 Å². The molecule has 23 heavy (non-hydrogen) atoms. The lowest BCUT2D eigenvalue weighted by Gasteiger charge is -2.17. The van der Waals surface area contributed by atoms with Gasteiger partial charge >= 0.3 is 5.97 Å². The lowest BCUT2D eigenvalue weighted by molar-refractivity contribution is -0.137. The van der Waals surface area contributed by atoms with E-state index in [1.807, 2.05) is 19.9 Å². The molecule has 0 aromatic carbocycles. The fraction of sp³-hybridized carbons (Fsp3) is 0.600. The van der Waals surface area contributed by atoms with Gasteiger partial charge in [-0.15, -0.1) is 0 Å². The van der Waals surface area contributed by atoms with E-state index in [1.54, 1.807) is 0 Å². The summed E-state index contributed by atoms with van der Waals surface area (Å²) in [4.78, 5) is 24.0. The first-order valence-electron chi connectivity index (χ1n) is 8.64. The van der Waals surface area contributed by atoms with E-state index in [9.17, 15) is 9.59 Å². The molecule has 0 aromatic rings. The molecule has 3 nitrogen and oxygen atoms in total. The number of hydrogen-bond donors (Lipinski definition) is 0. The van der Waals surface area contributed by atoms with Crippen LogP contribution in [-0.2, 0) is 14.3 Å². The molecule has 0 aromatic heterocycles. The van der Waals surface area contributed by atoms with Crippen molar-refractivity contribution in [1.82, 2.24) is 0 Å². The van der Waals surface area contributed by atoms with Crippen LogP contribution in [0.15, 0.2) is 35.5 Å². The number of carbonyl (C=O) groups excluding carboxylic acids is 2. The molecule has 1 heterocycles. The Kier molecular flexibility index (Phi) is 5.97. The summed E-state index contributed by atoms with van der Waals surface area (Å²) >= 11 is 0. The Balaban J connectivity index is 2.19. The number of allylic oxidation sites excluding steroid dienone is 3. The maximum atomic E-state index is 12.2. The van der Waals surface area contributed by atoms with Crippen molar-refractivity contribution in [3.8, 4) is 0 Å². The molecule has 2 aliphatic rings. The number of hydrogen-bond acceptors (Lipinski definition) is 3. The minimum absolute atomic E-state index is 0.0540. The molecule has 2 rings (SSSR count). The van der Waals surface area contributed by atoms with Gasteiger partial charge in [-0.05, 0) is 52.0 Å². The zero-order valence-electron chi connectivity index (χ0n) is 14.6. The van der Waals surface area contributed by atoms with E-state index in [1.165, 1.54) is 5.57 Å². The Labute approximate surface area is 139 Å². The molecule has 126 valence electrons. The molecule has 0 radical (unpaired) electrons. The van der Waals surface area contributed by atoms with Crippen LogP contribution < -0.4 is 0 Å². The quantitative estimate of drug-likeness (QED) is 0.374. The van der Waals surface area contributed by atoms with E-state index < -0.39 is 0 Å². The second-order valence-corrected chi connectivity index (χ2v) is 7.05. The first-order chi connectivity index (χ1) is 10.9. The highest BCUT2D eigenvalue weighted by Gasteiger charge is 2.36.